The first-order valence-electron chi connectivity index (χ1n) is 19.3. The molecule has 1 amide bonds. The van der Waals surface area contributed by atoms with Gasteiger partial charge in [-0.1, -0.05) is 6.07 Å². The van der Waals surface area contributed by atoms with Gasteiger partial charge in [-0.25, -0.2) is 4.79 Å². The van der Waals surface area contributed by atoms with Gasteiger partial charge in [0.1, 0.15) is 65.7 Å². The quantitative estimate of drug-likeness (QED) is 0.0882. The van der Waals surface area contributed by atoms with E-state index in [4.69, 9.17) is 23.7 Å². The summed E-state index contributed by atoms with van der Waals surface area (Å²) in [5.74, 6) is -7.17. The number of likely N-dealkylation sites (N-methyl/N-ethyl adjacent to an activating group) is 1. The highest BCUT2D eigenvalue weighted by molar-refractivity contribution is 6.31. The largest absolute Gasteiger partial charge is 0.507 e. The number of methoxy groups -OCH3 is 1. The van der Waals surface area contributed by atoms with E-state index in [-0.39, 0.29) is 28.0 Å². The van der Waals surface area contributed by atoms with E-state index in [1.807, 2.05) is 0 Å². The van der Waals surface area contributed by atoms with E-state index < -0.39 is 161 Å². The van der Waals surface area contributed by atoms with Crippen LogP contribution in [0.3, 0.4) is 0 Å². The minimum Gasteiger partial charge on any atom is -0.507 e. The number of phenols is 3. The number of hydrogen-bond donors (Lipinski definition) is 11. The Morgan fingerprint density at radius 2 is 1.50 bits per heavy atom. The highest BCUT2D eigenvalue weighted by Crippen LogP contribution is 2.57. The van der Waals surface area contributed by atoms with Gasteiger partial charge in [-0.15, -0.1) is 0 Å². The van der Waals surface area contributed by atoms with Crippen molar-refractivity contribution in [2.45, 2.75) is 87.3 Å². The zero-order valence-corrected chi connectivity index (χ0v) is 33.7. The van der Waals surface area contributed by atoms with Crippen molar-refractivity contribution in [3.63, 3.8) is 0 Å². The third kappa shape index (κ3) is 7.23. The number of carbonyl (C=O) groups excluding carboxylic acids is 3. The fraction of sp³-hybridized carbons (Fsp3) is 0.463. The van der Waals surface area contributed by atoms with Crippen LogP contribution in [0.2, 0.25) is 0 Å². The normalized spacial score (nSPS) is 29.6. The number of benzene rings is 3. The third-order valence-electron chi connectivity index (χ3n) is 11.7. The van der Waals surface area contributed by atoms with E-state index in [1.165, 1.54) is 26.2 Å². The molecule has 12 atom stereocenters. The Morgan fingerprint density at radius 3 is 2.13 bits per heavy atom. The van der Waals surface area contributed by atoms with Crippen LogP contribution < -0.4 is 10.1 Å². The molecule has 3 aromatic rings. The molecule has 2 aliphatic heterocycles. The second-order valence-corrected chi connectivity index (χ2v) is 15.8. The van der Waals surface area contributed by atoms with Crippen LogP contribution in [0.25, 0.3) is 11.1 Å². The summed E-state index contributed by atoms with van der Waals surface area (Å²) < 4.78 is 29.2. The first-order valence-corrected chi connectivity index (χ1v) is 19.3. The van der Waals surface area contributed by atoms with E-state index in [0.29, 0.717) is 0 Å². The lowest BCUT2D eigenvalue weighted by Gasteiger charge is -2.49. The monoisotopic (exact) mass is 870 g/mol. The molecular formula is C41H46N2O19. The van der Waals surface area contributed by atoms with Gasteiger partial charge in [0.2, 0.25) is 0 Å². The number of ketones is 2. The van der Waals surface area contributed by atoms with E-state index in [2.05, 4.69) is 5.32 Å². The number of carboxylic acids is 1. The summed E-state index contributed by atoms with van der Waals surface area (Å²) in [5, 5.41) is 111. The Balaban J connectivity index is 1.38. The molecule has 0 aromatic heterocycles. The van der Waals surface area contributed by atoms with Gasteiger partial charge in [0.25, 0.3) is 5.91 Å². The number of amides is 1. The number of aliphatic carboxylic acids is 1. The molecule has 0 unspecified atom stereocenters. The van der Waals surface area contributed by atoms with E-state index in [1.54, 1.807) is 25.9 Å². The maximum Gasteiger partial charge on any atom is 0.328 e. The molecule has 334 valence electrons. The minimum atomic E-state index is -1.93. The summed E-state index contributed by atoms with van der Waals surface area (Å²) >= 11 is 0. The third-order valence-corrected chi connectivity index (χ3v) is 11.7. The zero-order chi connectivity index (χ0) is 45.4. The molecule has 0 spiro atoms. The van der Waals surface area contributed by atoms with Crippen molar-refractivity contribution in [1.82, 2.24) is 10.2 Å². The second kappa shape index (κ2) is 16.8. The number of fused-ring (bicyclic) bond motifs is 5. The molecule has 21 heteroatoms. The number of phenolic OH excluding ortho intramolecular Hbond substituents is 3. The average molecular weight is 871 g/mol. The van der Waals surface area contributed by atoms with Gasteiger partial charge in [-0.05, 0) is 56.8 Å². The van der Waals surface area contributed by atoms with Crippen molar-refractivity contribution >= 4 is 23.4 Å². The minimum absolute atomic E-state index is 0.000177. The number of rotatable bonds is 10. The zero-order valence-electron chi connectivity index (χ0n) is 33.7. The number of aliphatic hydroxyl groups excluding tert-OH is 6. The molecule has 0 bridgehead atoms. The lowest BCUT2D eigenvalue weighted by Crippen LogP contribution is -2.65. The Hall–Kier alpha value is -5.30. The van der Waals surface area contributed by atoms with Crippen molar-refractivity contribution in [2.75, 3.05) is 34.4 Å². The molecule has 0 saturated carbocycles. The molecule has 2 saturated heterocycles. The summed E-state index contributed by atoms with van der Waals surface area (Å²) in [6, 6.07) is 1.98. The number of aliphatic hydroxyl groups is 6. The smallest absolute Gasteiger partial charge is 0.328 e. The van der Waals surface area contributed by atoms with Gasteiger partial charge in [-0.3, -0.25) is 14.4 Å². The maximum atomic E-state index is 14.1. The highest BCUT2D eigenvalue weighted by Gasteiger charge is 2.52. The van der Waals surface area contributed by atoms with E-state index >= 15 is 0 Å². The van der Waals surface area contributed by atoms with E-state index in [9.17, 15) is 70.2 Å². The molecule has 21 nitrogen and oxygen atoms in total. The van der Waals surface area contributed by atoms with Crippen LogP contribution in [0.4, 0.5) is 0 Å². The first kappa shape index (κ1) is 44.7. The van der Waals surface area contributed by atoms with Gasteiger partial charge in [0.15, 0.2) is 30.2 Å². The Kier molecular flexibility index (Phi) is 12.1. The Bertz CT molecular complexity index is 2330. The van der Waals surface area contributed by atoms with Gasteiger partial charge < -0.3 is 85.0 Å². The maximum absolute atomic E-state index is 14.1. The molecule has 62 heavy (non-hydrogen) atoms. The van der Waals surface area contributed by atoms with Crippen LogP contribution in [0.1, 0.15) is 78.0 Å². The average Bonchev–Trinajstić information content (AvgIpc) is 3.21. The topological polar surface area (TPSA) is 332 Å². The van der Waals surface area contributed by atoms with Crippen molar-refractivity contribution in [1.29, 1.82) is 0 Å². The predicted octanol–water partition coefficient (Wildman–Crippen LogP) is -1.30. The first-order chi connectivity index (χ1) is 29.2. The number of aromatic hydroxyl groups is 3. The summed E-state index contributed by atoms with van der Waals surface area (Å²) in [5.41, 5.74) is -3.79. The second-order valence-electron chi connectivity index (χ2n) is 15.8. The van der Waals surface area contributed by atoms with Crippen LogP contribution >= 0.6 is 0 Å². The number of nitrogens with zero attached hydrogens (tertiary/aromatic N) is 1. The standard InChI is InChI=1S/C41H46N2O19/c1-12-6-18-25(32(51)22(12)38(55)42-19(10-44)39(56)57)24-16(9-17-26(33(24)52)29(48)15-7-14(58-5)8-20(45)23(15)28(17)47)30(49)36(18)61-41-35(54)37(27(43(3)4)13(2)60-41)62-40-34(53)31(50)21(46)11-59-40/h6-9,13,19,21,27,30-31,34-37,40-41,44-46,49-54H,10-11H2,1-5H3,(H,42,55)(H,56,57)/t13-,19-,21-,27+,30+,31+,34-,35-,36+,37+,40+,41+/m1/s1. The summed E-state index contributed by atoms with van der Waals surface area (Å²) in [6.45, 7) is 1.50. The summed E-state index contributed by atoms with van der Waals surface area (Å²) in [4.78, 5) is 55.2. The van der Waals surface area contributed by atoms with Gasteiger partial charge >= 0.3 is 5.97 Å². The number of ether oxygens (including phenoxy) is 5. The Morgan fingerprint density at radius 1 is 0.855 bits per heavy atom. The number of aryl methyl sites for hydroxylation is 1. The number of carbonyl (C=O) groups is 4. The number of carboxylic acid groups (broad SMARTS) is 1. The van der Waals surface area contributed by atoms with Crippen molar-refractivity contribution in [2.24, 2.45) is 0 Å². The molecule has 2 fully saturated rings. The van der Waals surface area contributed by atoms with Crippen LogP contribution in [-0.4, -0.2) is 175 Å². The predicted molar refractivity (Wildman–Crippen MR) is 207 cm³/mol. The van der Waals surface area contributed by atoms with Gasteiger partial charge in [-0.2, -0.15) is 0 Å². The summed E-state index contributed by atoms with van der Waals surface area (Å²) in [7, 11) is 4.55. The van der Waals surface area contributed by atoms with Crippen LogP contribution in [0.15, 0.2) is 24.3 Å². The summed E-state index contributed by atoms with van der Waals surface area (Å²) in [6.07, 6.45) is -15.7. The van der Waals surface area contributed by atoms with Crippen molar-refractivity contribution < 1.29 is 93.9 Å². The molecule has 3 aromatic carbocycles. The van der Waals surface area contributed by atoms with Gasteiger partial charge in [0.05, 0.1) is 49.2 Å². The highest BCUT2D eigenvalue weighted by atomic mass is 16.7. The van der Waals surface area contributed by atoms with Crippen molar-refractivity contribution in [3.05, 3.63) is 68.8 Å². The van der Waals surface area contributed by atoms with Crippen LogP contribution in [0.5, 0.6) is 23.0 Å². The lowest BCUT2D eigenvalue weighted by atomic mass is 9.74. The molecular weight excluding hydrogens is 824 g/mol. The van der Waals surface area contributed by atoms with E-state index in [0.717, 1.165) is 12.1 Å². The van der Waals surface area contributed by atoms with Crippen molar-refractivity contribution in [3.8, 4) is 34.1 Å². The lowest BCUT2D eigenvalue weighted by molar-refractivity contribution is -0.345. The molecule has 11 N–H and O–H groups in total. The molecule has 2 aliphatic carbocycles. The molecule has 2 heterocycles. The molecule has 0 radical (unpaired) electrons. The SMILES string of the molecule is COc1cc(O)c2c(c1)C(=O)c1c(cc3c(c1O)-c1c(cc(C)c(C(=O)N[C@H](CO)C(=O)O)c1O)[C@H](O[C@@H]1O[C@H](C)[C@H](N(C)C)[C@H](O[C@@H]4OC[C@@H](O)[C@H](O)[C@H]4O)[C@H]1O)[C@H]3O)C2=O. The Labute approximate surface area is 351 Å². The van der Waals surface area contributed by atoms with Gasteiger partial charge in [0, 0.05) is 28.3 Å². The number of hydrogen-bond acceptors (Lipinski definition) is 19. The fourth-order valence-corrected chi connectivity index (χ4v) is 8.68. The fourth-order valence-electron chi connectivity index (χ4n) is 8.68. The van der Waals surface area contributed by atoms with Crippen LogP contribution in [0, 0.1) is 6.92 Å². The molecule has 7 rings (SSSR count). The van der Waals surface area contributed by atoms with Crippen LogP contribution in [-0.2, 0) is 23.7 Å². The molecule has 4 aliphatic rings. The number of nitrogens with one attached hydrogen (secondary N) is 1.